The second kappa shape index (κ2) is 5.71. The van der Waals surface area contributed by atoms with E-state index in [4.69, 9.17) is 18.3 Å². The predicted octanol–water partition coefficient (Wildman–Crippen LogP) is 0.907. The minimum absolute atomic E-state index is 0.708. The average molecular weight is 189 g/mol. The normalized spacial score (nSPS) is 10.1. The molecule has 2 N–H and O–H groups in total. The lowest BCUT2D eigenvalue weighted by Crippen LogP contribution is -2.07. The van der Waals surface area contributed by atoms with Gasteiger partial charge in [0.05, 0.1) is 6.61 Å². The van der Waals surface area contributed by atoms with Crippen LogP contribution in [0.5, 0.6) is 5.75 Å². The molecule has 0 saturated heterocycles. The Morgan fingerprint density at radius 2 is 2.07 bits per heavy atom. The minimum Gasteiger partial charge on any atom is -0.494 e. The highest BCUT2D eigenvalue weighted by molar-refractivity contribution is 6.32. The average Bonchev–Trinajstić information content (AvgIpc) is 2.11. The third kappa shape index (κ3) is 3.84. The van der Waals surface area contributed by atoms with Crippen molar-refractivity contribution >= 4 is 13.3 Å². The van der Waals surface area contributed by atoms with E-state index in [1.807, 2.05) is 25.1 Å². The van der Waals surface area contributed by atoms with Gasteiger partial charge in [0.25, 0.3) is 0 Å². The fraction of sp³-hybridized carbons (Fsp3) is 0.455. The smallest absolute Gasteiger partial charge is 0.118 e. The van der Waals surface area contributed by atoms with Gasteiger partial charge < -0.3 is 10.5 Å². The second-order valence-corrected chi connectivity index (χ2v) is 3.42. The summed E-state index contributed by atoms with van der Waals surface area (Å²) in [5, 5.41) is 0. The fourth-order valence-electron chi connectivity index (χ4n) is 1.30. The first kappa shape index (κ1) is 11.1. The topological polar surface area (TPSA) is 35.2 Å². The number of rotatable bonds is 5. The Labute approximate surface area is 86.9 Å². The fourth-order valence-corrected chi connectivity index (χ4v) is 1.30. The van der Waals surface area contributed by atoms with Gasteiger partial charge in [0, 0.05) is 0 Å². The summed E-state index contributed by atoms with van der Waals surface area (Å²) in [6.45, 7) is 3.43. The van der Waals surface area contributed by atoms with Crippen LogP contribution in [0.2, 0.25) is 0 Å². The molecule has 0 unspecified atom stereocenters. The van der Waals surface area contributed by atoms with E-state index >= 15 is 0 Å². The molecule has 0 aromatic heterocycles. The summed E-state index contributed by atoms with van der Waals surface area (Å²) in [6.07, 6.45) is 1.99. The summed E-state index contributed by atoms with van der Waals surface area (Å²) in [5.74, 6) is 0.847. The molecule has 0 spiro atoms. The number of hydrogen-bond donors (Lipinski definition) is 1. The van der Waals surface area contributed by atoms with Crippen molar-refractivity contribution < 1.29 is 4.74 Å². The molecule has 0 fully saturated rings. The van der Waals surface area contributed by atoms with E-state index < -0.39 is 0 Å². The van der Waals surface area contributed by atoms with Gasteiger partial charge in [-0.1, -0.05) is 11.5 Å². The lowest BCUT2D eigenvalue weighted by atomic mass is 9.94. The monoisotopic (exact) mass is 189 g/mol. The van der Waals surface area contributed by atoms with E-state index in [0.29, 0.717) is 6.61 Å². The Balaban J connectivity index is 2.42. The van der Waals surface area contributed by atoms with Crippen LogP contribution < -0.4 is 15.9 Å². The Kier molecular flexibility index (Phi) is 4.53. The Morgan fingerprint density at radius 3 is 2.71 bits per heavy atom. The number of unbranched alkanes of at least 4 members (excludes halogenated alkanes) is 1. The van der Waals surface area contributed by atoms with Crippen LogP contribution >= 0.6 is 0 Å². The van der Waals surface area contributed by atoms with Crippen molar-refractivity contribution in [1.29, 1.82) is 0 Å². The van der Waals surface area contributed by atoms with Crippen LogP contribution in [-0.4, -0.2) is 21.0 Å². The van der Waals surface area contributed by atoms with Crippen LogP contribution in [0.4, 0.5) is 0 Å². The molecule has 0 aliphatic heterocycles. The lowest BCUT2D eigenvalue weighted by molar-refractivity contribution is 0.308. The van der Waals surface area contributed by atoms with Crippen LogP contribution in [0, 0.1) is 6.92 Å². The van der Waals surface area contributed by atoms with Crippen LogP contribution in [0.1, 0.15) is 18.4 Å². The molecule has 2 radical (unpaired) electrons. The SMILES string of the molecule is [B]c1cc(C)cc(OCCCCN)c1. The van der Waals surface area contributed by atoms with Gasteiger partial charge in [0.1, 0.15) is 13.6 Å². The zero-order chi connectivity index (χ0) is 10.4. The first-order valence-corrected chi connectivity index (χ1v) is 4.92. The number of nitrogens with two attached hydrogens (primary N) is 1. The van der Waals surface area contributed by atoms with E-state index in [2.05, 4.69) is 0 Å². The van der Waals surface area contributed by atoms with Gasteiger partial charge in [-0.15, -0.1) is 0 Å². The van der Waals surface area contributed by atoms with Crippen molar-refractivity contribution in [2.45, 2.75) is 19.8 Å². The van der Waals surface area contributed by atoms with Crippen molar-refractivity contribution in [3.05, 3.63) is 23.8 Å². The maximum Gasteiger partial charge on any atom is 0.118 e. The van der Waals surface area contributed by atoms with Crippen molar-refractivity contribution in [3.8, 4) is 5.75 Å². The summed E-state index contributed by atoms with van der Waals surface area (Å²) < 4.78 is 5.53. The Morgan fingerprint density at radius 1 is 1.29 bits per heavy atom. The van der Waals surface area contributed by atoms with Crippen molar-refractivity contribution in [2.24, 2.45) is 5.73 Å². The van der Waals surface area contributed by atoms with E-state index in [1.165, 1.54) is 0 Å². The molecule has 1 aromatic rings. The Hall–Kier alpha value is -0.955. The molecule has 74 valence electrons. The standard InChI is InChI=1S/C11H16BNO/c1-9-6-10(12)8-11(7-9)14-5-3-2-4-13/h6-8H,2-5,13H2,1H3. The summed E-state index contributed by atoms with van der Waals surface area (Å²) >= 11 is 0. The summed E-state index contributed by atoms with van der Waals surface area (Å²) in [5.41, 5.74) is 7.25. The van der Waals surface area contributed by atoms with Gasteiger partial charge >= 0.3 is 0 Å². The summed E-state index contributed by atoms with van der Waals surface area (Å²) in [7, 11) is 5.69. The van der Waals surface area contributed by atoms with Gasteiger partial charge in [0.2, 0.25) is 0 Å². The first-order chi connectivity index (χ1) is 6.72. The molecule has 3 heteroatoms. The van der Waals surface area contributed by atoms with E-state index in [1.54, 1.807) is 0 Å². The zero-order valence-electron chi connectivity index (χ0n) is 8.62. The highest BCUT2D eigenvalue weighted by atomic mass is 16.5. The molecule has 0 heterocycles. The van der Waals surface area contributed by atoms with Crippen LogP contribution in [-0.2, 0) is 0 Å². The second-order valence-electron chi connectivity index (χ2n) is 3.42. The molecule has 0 aliphatic rings. The molecule has 0 aliphatic carbocycles. The highest BCUT2D eigenvalue weighted by Gasteiger charge is 1.95. The molecular weight excluding hydrogens is 173 g/mol. The van der Waals surface area contributed by atoms with Gasteiger partial charge in [-0.05, 0) is 44.0 Å². The third-order valence-electron chi connectivity index (χ3n) is 1.94. The van der Waals surface area contributed by atoms with E-state index in [-0.39, 0.29) is 0 Å². The van der Waals surface area contributed by atoms with Gasteiger partial charge in [-0.3, -0.25) is 0 Å². The van der Waals surface area contributed by atoms with Crippen molar-refractivity contribution in [1.82, 2.24) is 0 Å². The molecule has 2 nitrogen and oxygen atoms in total. The number of aryl methyl sites for hydroxylation is 1. The molecule has 0 saturated carbocycles. The number of hydrogen-bond acceptors (Lipinski definition) is 2. The van der Waals surface area contributed by atoms with E-state index in [9.17, 15) is 0 Å². The highest BCUT2D eigenvalue weighted by Crippen LogP contribution is 2.10. The van der Waals surface area contributed by atoms with Gasteiger partial charge in [-0.25, -0.2) is 0 Å². The van der Waals surface area contributed by atoms with Gasteiger partial charge in [-0.2, -0.15) is 0 Å². The molecule has 1 rings (SSSR count). The van der Waals surface area contributed by atoms with E-state index in [0.717, 1.165) is 36.2 Å². The number of benzene rings is 1. The molecule has 0 amide bonds. The summed E-state index contributed by atoms with van der Waals surface area (Å²) in [4.78, 5) is 0. The van der Waals surface area contributed by atoms with Crippen LogP contribution in [0.25, 0.3) is 0 Å². The van der Waals surface area contributed by atoms with Crippen molar-refractivity contribution in [3.63, 3.8) is 0 Å². The first-order valence-electron chi connectivity index (χ1n) is 4.92. The maximum atomic E-state index is 5.69. The van der Waals surface area contributed by atoms with Gasteiger partial charge in [0.15, 0.2) is 0 Å². The summed E-state index contributed by atoms with van der Waals surface area (Å²) in [6, 6.07) is 5.75. The number of ether oxygens (including phenoxy) is 1. The quantitative estimate of drug-likeness (QED) is 0.551. The van der Waals surface area contributed by atoms with Crippen LogP contribution in [0.15, 0.2) is 18.2 Å². The third-order valence-corrected chi connectivity index (χ3v) is 1.94. The predicted molar refractivity (Wildman–Crippen MR) is 60.4 cm³/mol. The van der Waals surface area contributed by atoms with Crippen LogP contribution in [0.3, 0.4) is 0 Å². The van der Waals surface area contributed by atoms with Crippen molar-refractivity contribution in [2.75, 3.05) is 13.2 Å². The molecule has 0 bridgehead atoms. The maximum absolute atomic E-state index is 5.69. The molecular formula is C11H16BNO. The minimum atomic E-state index is 0.708. The Bertz CT molecular complexity index is 268. The zero-order valence-corrected chi connectivity index (χ0v) is 8.62. The molecule has 14 heavy (non-hydrogen) atoms. The lowest BCUT2D eigenvalue weighted by Gasteiger charge is -2.07. The molecule has 1 aromatic carbocycles. The molecule has 0 atom stereocenters. The largest absolute Gasteiger partial charge is 0.494 e.